The van der Waals surface area contributed by atoms with Crippen LogP contribution in [0, 0.1) is 0 Å². The lowest BCUT2D eigenvalue weighted by Gasteiger charge is -2.08. The Hall–Kier alpha value is -0.580. The van der Waals surface area contributed by atoms with E-state index in [9.17, 15) is 4.79 Å². The average Bonchev–Trinajstić information content (AvgIpc) is 2.14. The predicted molar refractivity (Wildman–Crippen MR) is 63.2 cm³/mol. The van der Waals surface area contributed by atoms with Gasteiger partial charge in [0.25, 0.3) is 5.91 Å². The molecule has 1 aromatic rings. The minimum Gasteiger partial charge on any atom is -0.392 e. The quantitative estimate of drug-likeness (QED) is 0.897. The molecule has 0 fully saturated rings. The molecule has 82 valence electrons. The molecule has 0 aliphatic heterocycles. The monoisotopic (exact) mass is 291 g/mol. The van der Waals surface area contributed by atoms with E-state index in [2.05, 4.69) is 21.2 Å². The summed E-state index contributed by atoms with van der Waals surface area (Å²) in [6, 6.07) is 4.92. The van der Waals surface area contributed by atoms with Gasteiger partial charge in [0.2, 0.25) is 0 Å². The molecule has 15 heavy (non-hydrogen) atoms. The molecule has 1 rings (SSSR count). The summed E-state index contributed by atoms with van der Waals surface area (Å²) in [6.45, 7) is 1.84. The van der Waals surface area contributed by atoms with E-state index in [1.54, 1.807) is 25.1 Å². The number of amides is 1. The highest BCUT2D eigenvalue weighted by molar-refractivity contribution is 9.10. The third kappa shape index (κ3) is 3.81. The second-order valence-corrected chi connectivity index (χ2v) is 4.47. The molecule has 0 aromatic heterocycles. The highest BCUT2D eigenvalue weighted by atomic mass is 79.9. The van der Waals surface area contributed by atoms with Crippen LogP contribution in [0.15, 0.2) is 22.7 Å². The number of benzene rings is 1. The Morgan fingerprint density at radius 2 is 2.33 bits per heavy atom. The van der Waals surface area contributed by atoms with Gasteiger partial charge < -0.3 is 10.4 Å². The van der Waals surface area contributed by atoms with E-state index < -0.39 is 6.10 Å². The normalized spacial score (nSPS) is 12.3. The Balaban J connectivity index is 2.74. The Labute approximate surface area is 102 Å². The molecule has 0 saturated carbocycles. The van der Waals surface area contributed by atoms with Gasteiger partial charge in [-0.3, -0.25) is 4.79 Å². The second kappa shape index (κ2) is 5.49. The van der Waals surface area contributed by atoms with E-state index in [-0.39, 0.29) is 12.5 Å². The Morgan fingerprint density at radius 1 is 1.67 bits per heavy atom. The van der Waals surface area contributed by atoms with Crippen molar-refractivity contribution in [2.24, 2.45) is 0 Å². The summed E-state index contributed by atoms with van der Waals surface area (Å²) in [6.07, 6.45) is -0.556. The summed E-state index contributed by atoms with van der Waals surface area (Å²) in [4.78, 5) is 11.6. The zero-order valence-electron chi connectivity index (χ0n) is 8.13. The van der Waals surface area contributed by atoms with Crippen molar-refractivity contribution in [1.29, 1.82) is 0 Å². The fourth-order valence-electron chi connectivity index (χ4n) is 1.01. The van der Waals surface area contributed by atoms with Crippen LogP contribution < -0.4 is 5.32 Å². The topological polar surface area (TPSA) is 49.3 Å². The fraction of sp³-hybridized carbons (Fsp3) is 0.300. The third-order valence-corrected chi connectivity index (χ3v) is 2.62. The van der Waals surface area contributed by atoms with Crippen molar-refractivity contribution in [3.8, 4) is 0 Å². The second-order valence-electron chi connectivity index (χ2n) is 3.18. The maximum absolute atomic E-state index is 11.6. The average molecular weight is 293 g/mol. The molecule has 0 saturated heterocycles. The summed E-state index contributed by atoms with van der Waals surface area (Å²) >= 11 is 8.99. The molecule has 0 bridgehead atoms. The first-order valence-corrected chi connectivity index (χ1v) is 5.59. The summed E-state index contributed by atoms with van der Waals surface area (Å²) in [5, 5.41) is 12.2. The molecule has 1 amide bonds. The predicted octanol–water partition coefficient (Wildman–Crippen LogP) is 2.21. The van der Waals surface area contributed by atoms with E-state index in [4.69, 9.17) is 16.7 Å². The van der Waals surface area contributed by atoms with Gasteiger partial charge in [0.05, 0.1) is 11.7 Å². The zero-order chi connectivity index (χ0) is 11.4. The number of halogens is 2. The van der Waals surface area contributed by atoms with Crippen molar-refractivity contribution in [2.75, 3.05) is 6.54 Å². The number of aliphatic hydroxyl groups excluding tert-OH is 1. The van der Waals surface area contributed by atoms with Crippen LogP contribution in [0.4, 0.5) is 0 Å². The van der Waals surface area contributed by atoms with E-state index in [1.807, 2.05) is 0 Å². The van der Waals surface area contributed by atoms with Crippen molar-refractivity contribution in [3.63, 3.8) is 0 Å². The smallest absolute Gasteiger partial charge is 0.252 e. The van der Waals surface area contributed by atoms with E-state index in [0.717, 1.165) is 0 Å². The van der Waals surface area contributed by atoms with Crippen molar-refractivity contribution in [2.45, 2.75) is 13.0 Å². The molecule has 0 unspecified atom stereocenters. The molecule has 0 heterocycles. The van der Waals surface area contributed by atoms with Gasteiger partial charge in [0, 0.05) is 16.0 Å². The summed E-state index contributed by atoms with van der Waals surface area (Å²) in [5.41, 5.74) is 0.500. The number of carbonyl (C=O) groups is 1. The molecule has 0 aliphatic carbocycles. The first-order chi connectivity index (χ1) is 7.00. The molecule has 0 spiro atoms. The molecular weight excluding hydrogens is 281 g/mol. The van der Waals surface area contributed by atoms with Gasteiger partial charge in [-0.25, -0.2) is 0 Å². The Bertz CT molecular complexity index is 368. The van der Waals surface area contributed by atoms with Crippen LogP contribution in [0.3, 0.4) is 0 Å². The number of nitrogens with one attached hydrogen (secondary N) is 1. The summed E-state index contributed by atoms with van der Waals surface area (Å²) < 4.78 is 0.637. The van der Waals surface area contributed by atoms with E-state index >= 15 is 0 Å². The maximum atomic E-state index is 11.6. The first kappa shape index (κ1) is 12.5. The molecule has 0 aliphatic rings. The highest BCUT2D eigenvalue weighted by Crippen LogP contribution is 2.21. The fourth-order valence-corrected chi connectivity index (χ4v) is 1.87. The number of hydrogen-bond acceptors (Lipinski definition) is 2. The van der Waals surface area contributed by atoms with Gasteiger partial charge in [-0.15, -0.1) is 0 Å². The summed E-state index contributed by atoms with van der Waals surface area (Å²) in [5.74, 6) is -0.237. The van der Waals surface area contributed by atoms with Crippen LogP contribution >= 0.6 is 27.5 Å². The zero-order valence-corrected chi connectivity index (χ0v) is 10.5. The lowest BCUT2D eigenvalue weighted by atomic mass is 10.2. The lowest BCUT2D eigenvalue weighted by Crippen LogP contribution is -2.30. The largest absolute Gasteiger partial charge is 0.392 e. The van der Waals surface area contributed by atoms with Gasteiger partial charge in [0.1, 0.15) is 0 Å². The van der Waals surface area contributed by atoms with E-state index in [0.29, 0.717) is 15.1 Å². The maximum Gasteiger partial charge on any atom is 0.252 e. The molecule has 1 atom stereocenters. The van der Waals surface area contributed by atoms with Crippen molar-refractivity contribution < 1.29 is 9.90 Å². The standard InChI is InChI=1S/C10H11BrClNO2/c1-6(14)5-13-10(15)8-3-2-7(12)4-9(8)11/h2-4,6,14H,5H2,1H3,(H,13,15)/t6-/m0/s1. The van der Waals surface area contributed by atoms with Crippen LogP contribution in [0.25, 0.3) is 0 Å². The first-order valence-electron chi connectivity index (χ1n) is 4.42. The lowest BCUT2D eigenvalue weighted by molar-refractivity contribution is 0.0923. The number of hydrogen-bond donors (Lipinski definition) is 2. The van der Waals surface area contributed by atoms with Crippen molar-refractivity contribution in [1.82, 2.24) is 5.32 Å². The van der Waals surface area contributed by atoms with Crippen molar-refractivity contribution in [3.05, 3.63) is 33.3 Å². The van der Waals surface area contributed by atoms with Crippen LogP contribution in [0.2, 0.25) is 5.02 Å². The van der Waals surface area contributed by atoms with Gasteiger partial charge in [-0.2, -0.15) is 0 Å². The highest BCUT2D eigenvalue weighted by Gasteiger charge is 2.10. The molecule has 3 nitrogen and oxygen atoms in total. The van der Waals surface area contributed by atoms with Gasteiger partial charge in [0.15, 0.2) is 0 Å². The number of rotatable bonds is 3. The molecular formula is C10H11BrClNO2. The molecule has 0 radical (unpaired) electrons. The Kier molecular flexibility index (Phi) is 4.57. The SMILES string of the molecule is C[C@H](O)CNC(=O)c1ccc(Cl)cc1Br. The van der Waals surface area contributed by atoms with Crippen LogP contribution in [-0.2, 0) is 0 Å². The van der Waals surface area contributed by atoms with Crippen molar-refractivity contribution >= 4 is 33.4 Å². The number of carbonyl (C=O) groups excluding carboxylic acids is 1. The van der Waals surface area contributed by atoms with Crippen LogP contribution in [0.5, 0.6) is 0 Å². The van der Waals surface area contributed by atoms with Gasteiger partial charge >= 0.3 is 0 Å². The Morgan fingerprint density at radius 3 is 2.87 bits per heavy atom. The summed E-state index contributed by atoms with van der Waals surface area (Å²) in [7, 11) is 0. The van der Waals surface area contributed by atoms with E-state index in [1.165, 1.54) is 0 Å². The molecule has 5 heteroatoms. The minimum atomic E-state index is -0.556. The van der Waals surface area contributed by atoms with Gasteiger partial charge in [-0.1, -0.05) is 11.6 Å². The third-order valence-electron chi connectivity index (χ3n) is 1.73. The van der Waals surface area contributed by atoms with Crippen LogP contribution in [0.1, 0.15) is 17.3 Å². The van der Waals surface area contributed by atoms with Gasteiger partial charge in [-0.05, 0) is 41.1 Å². The minimum absolute atomic E-state index is 0.230. The molecule has 2 N–H and O–H groups in total. The number of aliphatic hydroxyl groups is 1. The molecule has 1 aromatic carbocycles. The van der Waals surface area contributed by atoms with Crippen LogP contribution in [-0.4, -0.2) is 23.7 Å².